The Bertz CT molecular complexity index is 725. The van der Waals surface area contributed by atoms with Gasteiger partial charge in [-0.15, -0.1) is 0 Å². The van der Waals surface area contributed by atoms with E-state index in [1.807, 2.05) is 54.6 Å². The maximum Gasteiger partial charge on any atom is 0.243 e. The molecule has 22 heavy (non-hydrogen) atoms. The van der Waals surface area contributed by atoms with Gasteiger partial charge in [-0.3, -0.25) is 0 Å². The first-order valence-corrected chi connectivity index (χ1v) is 7.45. The maximum absolute atomic E-state index is 6.14. The van der Waals surface area contributed by atoms with Gasteiger partial charge in [0, 0.05) is 11.4 Å². The largest absolute Gasteiger partial charge is 0.338 e. The Labute approximate surface area is 133 Å². The molecule has 0 radical (unpaired) electrons. The van der Waals surface area contributed by atoms with E-state index in [9.17, 15) is 0 Å². The van der Waals surface area contributed by atoms with Gasteiger partial charge < -0.3 is 10.3 Å². The molecular weight excluding hydrogens is 298 g/mol. The van der Waals surface area contributed by atoms with E-state index in [4.69, 9.17) is 21.9 Å². The van der Waals surface area contributed by atoms with Crippen LogP contribution in [0.15, 0.2) is 59.1 Å². The zero-order valence-electron chi connectivity index (χ0n) is 11.9. The maximum atomic E-state index is 6.14. The Morgan fingerprint density at radius 1 is 1.00 bits per heavy atom. The molecule has 0 fully saturated rings. The van der Waals surface area contributed by atoms with E-state index in [0.29, 0.717) is 29.6 Å². The quantitative estimate of drug-likeness (QED) is 0.782. The van der Waals surface area contributed by atoms with Gasteiger partial charge in [0.05, 0.1) is 6.04 Å². The summed E-state index contributed by atoms with van der Waals surface area (Å²) in [5.74, 6) is 1.09. The van der Waals surface area contributed by atoms with Gasteiger partial charge in [-0.2, -0.15) is 4.98 Å². The highest BCUT2D eigenvalue weighted by Gasteiger charge is 2.15. The van der Waals surface area contributed by atoms with Gasteiger partial charge in [-0.05, 0) is 29.7 Å². The van der Waals surface area contributed by atoms with Crippen LogP contribution in [0.4, 0.5) is 0 Å². The molecule has 2 N–H and O–H groups in total. The van der Waals surface area contributed by atoms with Crippen LogP contribution in [0.5, 0.6) is 0 Å². The lowest BCUT2D eigenvalue weighted by atomic mass is 10.1. The van der Waals surface area contributed by atoms with Crippen molar-refractivity contribution in [2.75, 3.05) is 0 Å². The molecule has 1 aromatic heterocycles. The normalized spacial score (nSPS) is 12.3. The molecule has 3 aromatic rings. The standard InChI is InChI=1S/C17H16ClN3O/c18-14-8-6-13(7-9-14)11-16-20-17(22-21-16)15(19)10-12-4-2-1-3-5-12/h1-9,15H,10-11,19H2. The average Bonchev–Trinajstić information content (AvgIpc) is 2.99. The van der Waals surface area contributed by atoms with Crippen LogP contribution in [0.1, 0.15) is 28.9 Å². The van der Waals surface area contributed by atoms with Crippen molar-refractivity contribution >= 4 is 11.6 Å². The van der Waals surface area contributed by atoms with E-state index < -0.39 is 0 Å². The average molecular weight is 314 g/mol. The Morgan fingerprint density at radius 3 is 2.45 bits per heavy atom. The van der Waals surface area contributed by atoms with Crippen LogP contribution in [-0.4, -0.2) is 10.1 Å². The molecule has 2 aromatic carbocycles. The number of halogens is 1. The summed E-state index contributed by atoms with van der Waals surface area (Å²) in [6.45, 7) is 0. The lowest BCUT2D eigenvalue weighted by Crippen LogP contribution is -2.13. The molecule has 3 rings (SSSR count). The fraction of sp³-hybridized carbons (Fsp3) is 0.176. The Hall–Kier alpha value is -2.17. The summed E-state index contributed by atoms with van der Waals surface area (Å²) in [6.07, 6.45) is 1.27. The smallest absolute Gasteiger partial charge is 0.243 e. The number of aromatic nitrogens is 2. The Morgan fingerprint density at radius 2 is 1.73 bits per heavy atom. The Kier molecular flexibility index (Phi) is 4.51. The second-order valence-electron chi connectivity index (χ2n) is 5.15. The molecular formula is C17H16ClN3O. The van der Waals surface area contributed by atoms with E-state index in [1.165, 1.54) is 0 Å². The lowest BCUT2D eigenvalue weighted by molar-refractivity contribution is 0.350. The molecule has 0 aliphatic heterocycles. The topological polar surface area (TPSA) is 64.9 Å². The summed E-state index contributed by atoms with van der Waals surface area (Å²) in [6, 6.07) is 17.3. The molecule has 0 saturated heterocycles. The number of rotatable bonds is 5. The van der Waals surface area contributed by atoms with Crippen LogP contribution in [0.2, 0.25) is 5.02 Å². The molecule has 112 valence electrons. The third-order valence-corrected chi connectivity index (χ3v) is 3.63. The molecule has 0 saturated carbocycles. The van der Waals surface area contributed by atoms with Crippen molar-refractivity contribution in [1.82, 2.24) is 10.1 Å². The third kappa shape index (κ3) is 3.72. The molecule has 0 bridgehead atoms. The molecule has 0 aliphatic rings. The van der Waals surface area contributed by atoms with Crippen LogP contribution in [0.3, 0.4) is 0 Å². The first kappa shape index (κ1) is 14.8. The van der Waals surface area contributed by atoms with Crippen molar-refractivity contribution < 1.29 is 4.52 Å². The number of hydrogen-bond donors (Lipinski definition) is 1. The summed E-state index contributed by atoms with van der Waals surface area (Å²) in [4.78, 5) is 4.39. The lowest BCUT2D eigenvalue weighted by Gasteiger charge is -2.05. The predicted molar refractivity (Wildman–Crippen MR) is 85.6 cm³/mol. The minimum absolute atomic E-state index is 0.297. The molecule has 0 spiro atoms. The van der Waals surface area contributed by atoms with Crippen molar-refractivity contribution in [3.8, 4) is 0 Å². The van der Waals surface area contributed by atoms with Gasteiger partial charge in [0.2, 0.25) is 5.89 Å². The number of nitrogens with zero attached hydrogens (tertiary/aromatic N) is 2. The molecule has 1 unspecified atom stereocenters. The first-order chi connectivity index (χ1) is 10.7. The fourth-order valence-electron chi connectivity index (χ4n) is 2.23. The zero-order chi connectivity index (χ0) is 15.4. The van der Waals surface area contributed by atoms with Crippen LogP contribution >= 0.6 is 11.6 Å². The highest BCUT2D eigenvalue weighted by Crippen LogP contribution is 2.16. The second-order valence-corrected chi connectivity index (χ2v) is 5.58. The SMILES string of the molecule is NC(Cc1ccccc1)c1nc(Cc2ccc(Cl)cc2)no1. The van der Waals surface area contributed by atoms with Crippen LogP contribution in [0.25, 0.3) is 0 Å². The van der Waals surface area contributed by atoms with Crippen molar-refractivity contribution in [3.05, 3.63) is 82.5 Å². The van der Waals surface area contributed by atoms with Gasteiger partial charge in [0.15, 0.2) is 5.82 Å². The number of benzene rings is 2. The van der Waals surface area contributed by atoms with Crippen molar-refractivity contribution in [2.24, 2.45) is 5.73 Å². The van der Waals surface area contributed by atoms with E-state index in [2.05, 4.69) is 10.1 Å². The monoisotopic (exact) mass is 313 g/mol. The molecule has 0 aliphatic carbocycles. The summed E-state index contributed by atoms with van der Waals surface area (Å²) in [7, 11) is 0. The van der Waals surface area contributed by atoms with Crippen molar-refractivity contribution in [2.45, 2.75) is 18.9 Å². The molecule has 1 heterocycles. The summed E-state index contributed by atoms with van der Waals surface area (Å²) in [5, 5.41) is 4.71. The van der Waals surface area contributed by atoms with Crippen molar-refractivity contribution in [1.29, 1.82) is 0 Å². The minimum atomic E-state index is -0.297. The van der Waals surface area contributed by atoms with E-state index in [1.54, 1.807) is 0 Å². The van der Waals surface area contributed by atoms with Crippen molar-refractivity contribution in [3.63, 3.8) is 0 Å². The zero-order valence-corrected chi connectivity index (χ0v) is 12.7. The highest BCUT2D eigenvalue weighted by molar-refractivity contribution is 6.30. The number of hydrogen-bond acceptors (Lipinski definition) is 4. The molecule has 0 amide bonds. The molecule has 5 heteroatoms. The van der Waals surface area contributed by atoms with E-state index in [-0.39, 0.29) is 6.04 Å². The van der Waals surface area contributed by atoms with Crippen LogP contribution in [-0.2, 0) is 12.8 Å². The first-order valence-electron chi connectivity index (χ1n) is 7.07. The fourth-order valence-corrected chi connectivity index (χ4v) is 2.36. The van der Waals surface area contributed by atoms with Gasteiger partial charge >= 0.3 is 0 Å². The van der Waals surface area contributed by atoms with Crippen LogP contribution < -0.4 is 5.73 Å². The summed E-state index contributed by atoms with van der Waals surface area (Å²) < 4.78 is 5.28. The minimum Gasteiger partial charge on any atom is -0.338 e. The molecule has 1 atom stereocenters. The number of nitrogens with two attached hydrogens (primary N) is 1. The summed E-state index contributed by atoms with van der Waals surface area (Å²) >= 11 is 5.87. The van der Waals surface area contributed by atoms with Gasteiger partial charge in [-0.1, -0.05) is 59.2 Å². The summed E-state index contributed by atoms with van der Waals surface area (Å²) in [5.41, 5.74) is 8.36. The molecule has 4 nitrogen and oxygen atoms in total. The van der Waals surface area contributed by atoms with Gasteiger partial charge in [0.25, 0.3) is 0 Å². The highest BCUT2D eigenvalue weighted by atomic mass is 35.5. The Balaban J connectivity index is 1.66. The third-order valence-electron chi connectivity index (χ3n) is 3.37. The van der Waals surface area contributed by atoms with E-state index >= 15 is 0 Å². The second kappa shape index (κ2) is 6.73. The predicted octanol–water partition coefficient (Wildman–Crippen LogP) is 3.56. The van der Waals surface area contributed by atoms with E-state index in [0.717, 1.165) is 11.1 Å². The van der Waals surface area contributed by atoms with Gasteiger partial charge in [-0.25, -0.2) is 0 Å². The van der Waals surface area contributed by atoms with Crippen LogP contribution in [0, 0.1) is 0 Å². The van der Waals surface area contributed by atoms with Gasteiger partial charge in [0.1, 0.15) is 0 Å².